The number of fused-ring (bicyclic) bond motifs is 3. The van der Waals surface area contributed by atoms with E-state index < -0.39 is 0 Å². The van der Waals surface area contributed by atoms with Gasteiger partial charge in [-0.3, -0.25) is 15.0 Å². The van der Waals surface area contributed by atoms with Gasteiger partial charge in [-0.05, 0) is 24.3 Å². The molecule has 190 valence electrons. The topological polar surface area (TPSA) is 107 Å². The molecule has 2 N–H and O–H groups in total. The maximum Gasteiger partial charge on any atom is 0.257 e. The van der Waals surface area contributed by atoms with Crippen molar-refractivity contribution < 1.29 is 23.7 Å². The summed E-state index contributed by atoms with van der Waals surface area (Å²) in [6.45, 7) is 5.29. The normalized spacial score (nSPS) is 14.2. The van der Waals surface area contributed by atoms with Gasteiger partial charge in [0.05, 0.1) is 55.0 Å². The lowest BCUT2D eigenvalue weighted by molar-refractivity contribution is 0.0398. The van der Waals surface area contributed by atoms with Crippen molar-refractivity contribution in [2.24, 2.45) is 0 Å². The van der Waals surface area contributed by atoms with Gasteiger partial charge in [-0.15, -0.1) is 0 Å². The first-order valence-electron chi connectivity index (χ1n) is 11.4. The third-order valence-electron chi connectivity index (χ3n) is 5.87. The van der Waals surface area contributed by atoms with Gasteiger partial charge in [-0.1, -0.05) is 22.7 Å². The molecule has 0 saturated carbocycles. The maximum atomic E-state index is 13.0. The highest BCUT2D eigenvalue weighted by molar-refractivity contribution is 7.30. The van der Waals surface area contributed by atoms with E-state index in [1.54, 1.807) is 23.5 Å². The van der Waals surface area contributed by atoms with E-state index in [-0.39, 0.29) is 5.91 Å². The number of ether oxygens (including phenoxy) is 4. The Labute approximate surface area is 216 Å². The maximum absolute atomic E-state index is 13.0. The van der Waals surface area contributed by atoms with Crippen LogP contribution in [0, 0.1) is 0 Å². The van der Waals surface area contributed by atoms with Crippen LogP contribution in [0.4, 0.5) is 10.3 Å². The zero-order chi connectivity index (χ0) is 25.1. The van der Waals surface area contributed by atoms with Crippen molar-refractivity contribution in [1.29, 1.82) is 0 Å². The summed E-state index contributed by atoms with van der Waals surface area (Å²) in [5.74, 6) is 0.926. The molecule has 10 nitrogen and oxygen atoms in total. The Bertz CT molecular complexity index is 1360. The molecule has 1 amide bonds. The Morgan fingerprint density at radius 1 is 0.972 bits per heavy atom. The first kappa shape index (κ1) is 24.5. The van der Waals surface area contributed by atoms with E-state index in [0.29, 0.717) is 27.9 Å². The molecule has 1 aliphatic heterocycles. The number of rotatable bonds is 9. The molecule has 0 bridgehead atoms. The highest BCUT2D eigenvalue weighted by atomic mass is 32.1. The number of nitrogens with zero attached hydrogens (tertiary/aromatic N) is 3. The fourth-order valence-electron chi connectivity index (χ4n) is 4.03. The Morgan fingerprint density at radius 2 is 1.58 bits per heavy atom. The van der Waals surface area contributed by atoms with Crippen LogP contribution in [0.5, 0.6) is 17.2 Å². The summed E-state index contributed by atoms with van der Waals surface area (Å²) in [7, 11) is 4.55. The monoisotopic (exact) mass is 529 g/mol. The number of benzene rings is 2. The Kier molecular flexibility index (Phi) is 7.37. The third-order valence-corrected chi connectivity index (χ3v) is 8.05. The van der Waals surface area contributed by atoms with E-state index in [9.17, 15) is 4.79 Å². The summed E-state index contributed by atoms with van der Waals surface area (Å²) in [6, 6.07) is 7.12. The van der Waals surface area contributed by atoms with Gasteiger partial charge in [0.15, 0.2) is 21.8 Å². The van der Waals surface area contributed by atoms with Crippen LogP contribution < -0.4 is 24.8 Å². The molecule has 0 atom stereocenters. The SMILES string of the molecule is COc1cc(C(=O)Nc2nc3ccc4nc(NCCN5CCOCC5)sc4c3s2)cc(OC)c1OC. The molecule has 2 aromatic heterocycles. The lowest BCUT2D eigenvalue weighted by Gasteiger charge is -2.26. The van der Waals surface area contributed by atoms with Crippen molar-refractivity contribution >= 4 is 59.3 Å². The van der Waals surface area contributed by atoms with Crippen molar-refractivity contribution in [2.45, 2.75) is 0 Å². The van der Waals surface area contributed by atoms with Crippen molar-refractivity contribution in [3.8, 4) is 17.2 Å². The Morgan fingerprint density at radius 3 is 2.19 bits per heavy atom. The highest BCUT2D eigenvalue weighted by Gasteiger charge is 2.19. The van der Waals surface area contributed by atoms with Gasteiger partial charge in [0.1, 0.15) is 0 Å². The van der Waals surface area contributed by atoms with Gasteiger partial charge in [0, 0.05) is 31.7 Å². The van der Waals surface area contributed by atoms with E-state index >= 15 is 0 Å². The smallest absolute Gasteiger partial charge is 0.257 e. The minimum Gasteiger partial charge on any atom is -0.493 e. The minimum absolute atomic E-state index is 0.320. The molecule has 1 saturated heterocycles. The zero-order valence-corrected chi connectivity index (χ0v) is 21.9. The zero-order valence-electron chi connectivity index (χ0n) is 20.3. The average Bonchev–Trinajstić information content (AvgIpc) is 3.51. The Hall–Kier alpha value is -3.19. The fraction of sp³-hybridized carbons (Fsp3) is 0.375. The number of methoxy groups -OCH3 is 3. The van der Waals surface area contributed by atoms with Crippen molar-refractivity contribution in [3.63, 3.8) is 0 Å². The number of aromatic nitrogens is 2. The number of nitrogens with one attached hydrogen (secondary N) is 2. The summed E-state index contributed by atoms with van der Waals surface area (Å²) in [4.78, 5) is 24.8. The molecule has 36 heavy (non-hydrogen) atoms. The lowest BCUT2D eigenvalue weighted by atomic mass is 10.1. The standard InChI is InChI=1S/C24H27N5O5S2/c1-31-17-12-14(13-18(32-2)19(17)33-3)22(30)28-24-27-16-5-4-15-20(21(16)36-24)35-23(26-15)25-6-7-29-8-10-34-11-9-29/h4-5,12-13H,6-11H2,1-3H3,(H,25,26)(H,27,28,30). The molecule has 4 aromatic rings. The summed E-state index contributed by atoms with van der Waals surface area (Å²) in [6.07, 6.45) is 0. The number of amides is 1. The molecule has 0 spiro atoms. The van der Waals surface area contributed by atoms with Gasteiger partial charge < -0.3 is 24.3 Å². The van der Waals surface area contributed by atoms with Crippen molar-refractivity contribution in [2.75, 3.05) is 71.4 Å². The molecule has 0 aliphatic carbocycles. The second-order valence-electron chi connectivity index (χ2n) is 8.05. The van der Waals surface area contributed by atoms with E-state index in [4.69, 9.17) is 23.9 Å². The Balaban J connectivity index is 1.33. The first-order chi connectivity index (χ1) is 17.6. The molecule has 1 fully saturated rings. The number of hydrogen-bond acceptors (Lipinski definition) is 11. The third kappa shape index (κ3) is 5.03. The molecular weight excluding hydrogens is 502 g/mol. The largest absolute Gasteiger partial charge is 0.493 e. The molecule has 0 unspecified atom stereocenters. The van der Waals surface area contributed by atoms with Gasteiger partial charge in [0.2, 0.25) is 5.75 Å². The number of carbonyl (C=O) groups excluding carboxylic acids is 1. The number of hydrogen-bond donors (Lipinski definition) is 2. The number of morpholine rings is 1. The molecule has 12 heteroatoms. The molecule has 3 heterocycles. The van der Waals surface area contributed by atoms with E-state index in [1.165, 1.54) is 32.7 Å². The van der Waals surface area contributed by atoms with Crippen LogP contribution in [0.2, 0.25) is 0 Å². The van der Waals surface area contributed by atoms with E-state index in [2.05, 4.69) is 20.5 Å². The predicted octanol–water partition coefficient (Wildman–Crippen LogP) is 3.93. The van der Waals surface area contributed by atoms with Gasteiger partial charge >= 0.3 is 0 Å². The van der Waals surface area contributed by atoms with Crippen LogP contribution in [0.3, 0.4) is 0 Å². The van der Waals surface area contributed by atoms with Crippen molar-refractivity contribution in [3.05, 3.63) is 29.8 Å². The molecule has 1 aliphatic rings. The van der Waals surface area contributed by atoms with Crippen LogP contribution in [-0.2, 0) is 4.74 Å². The summed E-state index contributed by atoms with van der Waals surface area (Å²) in [5, 5.41) is 7.73. The predicted molar refractivity (Wildman–Crippen MR) is 143 cm³/mol. The van der Waals surface area contributed by atoms with Crippen LogP contribution in [0.1, 0.15) is 10.4 Å². The number of anilines is 2. The molecular formula is C24H27N5O5S2. The highest BCUT2D eigenvalue weighted by Crippen LogP contribution is 2.40. The molecule has 0 radical (unpaired) electrons. The van der Waals surface area contributed by atoms with Gasteiger partial charge in [-0.2, -0.15) is 0 Å². The minimum atomic E-state index is -0.320. The second kappa shape index (κ2) is 10.8. The fourth-order valence-corrected chi connectivity index (χ4v) is 6.10. The lowest BCUT2D eigenvalue weighted by Crippen LogP contribution is -2.38. The molecule has 5 rings (SSSR count). The molecule has 2 aromatic carbocycles. The number of carbonyl (C=O) groups is 1. The average molecular weight is 530 g/mol. The number of thiazole rings is 2. The van der Waals surface area contributed by atoms with Crippen LogP contribution in [0.15, 0.2) is 24.3 Å². The summed E-state index contributed by atoms with van der Waals surface area (Å²) < 4.78 is 23.5. The second-order valence-corrected chi connectivity index (χ2v) is 10.0. The first-order valence-corrected chi connectivity index (χ1v) is 13.1. The van der Waals surface area contributed by atoms with Gasteiger partial charge in [-0.25, -0.2) is 9.97 Å². The van der Waals surface area contributed by atoms with Crippen LogP contribution >= 0.6 is 22.7 Å². The summed E-state index contributed by atoms with van der Waals surface area (Å²) >= 11 is 3.03. The van der Waals surface area contributed by atoms with E-state index in [0.717, 1.165) is 65.0 Å². The van der Waals surface area contributed by atoms with Gasteiger partial charge in [0.25, 0.3) is 5.91 Å². The van der Waals surface area contributed by atoms with Crippen LogP contribution in [-0.4, -0.2) is 81.5 Å². The van der Waals surface area contributed by atoms with Crippen molar-refractivity contribution in [1.82, 2.24) is 14.9 Å². The van der Waals surface area contributed by atoms with Crippen LogP contribution in [0.25, 0.3) is 20.4 Å². The quantitative estimate of drug-likeness (QED) is 0.333. The summed E-state index contributed by atoms with van der Waals surface area (Å²) in [5.41, 5.74) is 2.10. The van der Waals surface area contributed by atoms with E-state index in [1.807, 2.05) is 12.1 Å².